The van der Waals surface area contributed by atoms with E-state index < -0.39 is 6.10 Å². The number of benzene rings is 2. The Labute approximate surface area is 217 Å². The van der Waals surface area contributed by atoms with Crippen molar-refractivity contribution in [2.45, 2.75) is 26.9 Å². The highest BCUT2D eigenvalue weighted by atomic mass is 16.5. The van der Waals surface area contributed by atoms with E-state index in [4.69, 9.17) is 18.9 Å². The standard InChI is InChI=1S/C28H34N4O5/c1-18-13-19(2)15-22(14-18)37-20(3)28(33)32-11-9-31(10-12-32)26-8-7-23(29-30-26)21-16-24(34-4)27(36-6)25(17-21)35-5/h7-8,13-17,20H,9-12H2,1-6H3. The van der Waals surface area contributed by atoms with Gasteiger partial charge in [0.15, 0.2) is 23.4 Å². The molecule has 1 aromatic heterocycles. The Morgan fingerprint density at radius 1 is 0.838 bits per heavy atom. The Balaban J connectivity index is 1.38. The fourth-order valence-corrected chi connectivity index (χ4v) is 4.55. The van der Waals surface area contributed by atoms with Crippen molar-refractivity contribution in [3.63, 3.8) is 0 Å². The van der Waals surface area contributed by atoms with E-state index in [9.17, 15) is 4.79 Å². The van der Waals surface area contributed by atoms with Gasteiger partial charge in [-0.1, -0.05) is 6.07 Å². The number of anilines is 1. The zero-order valence-corrected chi connectivity index (χ0v) is 22.3. The zero-order chi connectivity index (χ0) is 26.5. The third kappa shape index (κ3) is 5.87. The molecule has 0 N–H and O–H groups in total. The number of nitrogens with zero attached hydrogens (tertiary/aromatic N) is 4. The molecule has 9 heteroatoms. The number of hydrogen-bond donors (Lipinski definition) is 0. The van der Waals surface area contributed by atoms with E-state index in [1.165, 1.54) is 0 Å². The highest BCUT2D eigenvalue weighted by Crippen LogP contribution is 2.40. The van der Waals surface area contributed by atoms with Crippen molar-refractivity contribution in [2.24, 2.45) is 0 Å². The van der Waals surface area contributed by atoms with Crippen LogP contribution in [-0.4, -0.2) is 74.6 Å². The maximum absolute atomic E-state index is 13.0. The molecule has 1 saturated heterocycles. The Morgan fingerprint density at radius 2 is 1.46 bits per heavy atom. The van der Waals surface area contributed by atoms with Crippen LogP contribution in [-0.2, 0) is 4.79 Å². The number of carbonyl (C=O) groups is 1. The van der Waals surface area contributed by atoms with Gasteiger partial charge in [0.05, 0.1) is 27.0 Å². The number of piperazine rings is 1. The van der Waals surface area contributed by atoms with Crippen molar-refractivity contribution in [3.05, 3.63) is 53.6 Å². The van der Waals surface area contributed by atoms with Gasteiger partial charge in [-0.25, -0.2) is 0 Å². The van der Waals surface area contributed by atoms with Crippen LogP contribution in [0.2, 0.25) is 0 Å². The maximum Gasteiger partial charge on any atom is 0.263 e. The SMILES string of the molecule is COc1cc(-c2ccc(N3CCN(C(=O)C(C)Oc4cc(C)cc(C)c4)CC3)nn2)cc(OC)c1OC. The maximum atomic E-state index is 13.0. The van der Waals surface area contributed by atoms with Crippen molar-refractivity contribution < 1.29 is 23.7 Å². The fourth-order valence-electron chi connectivity index (χ4n) is 4.55. The van der Waals surface area contributed by atoms with E-state index in [-0.39, 0.29) is 5.91 Å². The minimum absolute atomic E-state index is 0.0114. The minimum Gasteiger partial charge on any atom is -0.493 e. The molecule has 2 aromatic carbocycles. The second-order valence-corrected chi connectivity index (χ2v) is 9.09. The molecule has 2 heterocycles. The zero-order valence-electron chi connectivity index (χ0n) is 22.3. The number of ether oxygens (including phenoxy) is 4. The van der Waals surface area contributed by atoms with Crippen LogP contribution < -0.4 is 23.8 Å². The Morgan fingerprint density at radius 3 is 1.97 bits per heavy atom. The second kappa shape index (κ2) is 11.4. The molecule has 196 valence electrons. The first-order valence-electron chi connectivity index (χ1n) is 12.3. The van der Waals surface area contributed by atoms with Gasteiger partial charge in [0, 0.05) is 31.7 Å². The van der Waals surface area contributed by atoms with Gasteiger partial charge in [-0.05, 0) is 68.3 Å². The first kappa shape index (κ1) is 26.1. The van der Waals surface area contributed by atoms with Gasteiger partial charge < -0.3 is 28.7 Å². The molecule has 0 aliphatic carbocycles. The van der Waals surface area contributed by atoms with Gasteiger partial charge in [0.2, 0.25) is 5.75 Å². The molecule has 37 heavy (non-hydrogen) atoms. The molecule has 0 saturated carbocycles. The summed E-state index contributed by atoms with van der Waals surface area (Å²) in [7, 11) is 4.73. The Bertz CT molecular complexity index is 1190. The van der Waals surface area contributed by atoms with Crippen LogP contribution in [0.1, 0.15) is 18.1 Å². The summed E-state index contributed by atoms with van der Waals surface area (Å²) >= 11 is 0. The Hall–Kier alpha value is -4.01. The quantitative estimate of drug-likeness (QED) is 0.455. The lowest BCUT2D eigenvalue weighted by Gasteiger charge is -2.36. The predicted octanol–water partition coefficient (Wildman–Crippen LogP) is 3.90. The average Bonchev–Trinajstić information content (AvgIpc) is 2.91. The summed E-state index contributed by atoms with van der Waals surface area (Å²) in [5, 5.41) is 8.87. The summed E-state index contributed by atoms with van der Waals surface area (Å²) < 4.78 is 22.2. The highest BCUT2D eigenvalue weighted by molar-refractivity contribution is 5.81. The molecule has 1 unspecified atom stereocenters. The number of amides is 1. The van der Waals surface area contributed by atoms with E-state index in [0.29, 0.717) is 49.1 Å². The summed E-state index contributed by atoms with van der Waals surface area (Å²) in [6.07, 6.45) is -0.551. The van der Waals surface area contributed by atoms with Crippen LogP contribution in [0, 0.1) is 13.8 Å². The van der Waals surface area contributed by atoms with Gasteiger partial charge in [-0.2, -0.15) is 0 Å². The summed E-state index contributed by atoms with van der Waals surface area (Å²) in [5.41, 5.74) is 3.72. The van der Waals surface area contributed by atoms with E-state index in [1.807, 2.05) is 55.1 Å². The first-order chi connectivity index (χ1) is 17.8. The molecule has 1 amide bonds. The van der Waals surface area contributed by atoms with E-state index in [2.05, 4.69) is 21.2 Å². The molecule has 0 bridgehead atoms. The summed E-state index contributed by atoms with van der Waals surface area (Å²) in [6.45, 7) is 8.36. The molecule has 1 aliphatic rings. The van der Waals surface area contributed by atoms with Crippen LogP contribution in [0.4, 0.5) is 5.82 Å². The van der Waals surface area contributed by atoms with Gasteiger partial charge in [-0.3, -0.25) is 4.79 Å². The Kier molecular flexibility index (Phi) is 8.01. The van der Waals surface area contributed by atoms with Gasteiger partial charge in [0.1, 0.15) is 5.75 Å². The summed E-state index contributed by atoms with van der Waals surface area (Å²) in [4.78, 5) is 17.0. The minimum atomic E-state index is -0.551. The van der Waals surface area contributed by atoms with Crippen molar-refractivity contribution in [1.29, 1.82) is 0 Å². The van der Waals surface area contributed by atoms with Gasteiger partial charge >= 0.3 is 0 Å². The number of rotatable bonds is 8. The molecular formula is C28H34N4O5. The lowest BCUT2D eigenvalue weighted by Crippen LogP contribution is -2.52. The number of carbonyl (C=O) groups excluding carboxylic acids is 1. The van der Waals surface area contributed by atoms with Crippen molar-refractivity contribution in [1.82, 2.24) is 15.1 Å². The van der Waals surface area contributed by atoms with Gasteiger partial charge in [0.25, 0.3) is 5.91 Å². The fraction of sp³-hybridized carbons (Fsp3) is 0.393. The molecule has 1 fully saturated rings. The predicted molar refractivity (Wildman–Crippen MR) is 142 cm³/mol. The lowest BCUT2D eigenvalue weighted by atomic mass is 10.1. The molecule has 0 radical (unpaired) electrons. The average molecular weight is 507 g/mol. The van der Waals surface area contributed by atoms with Crippen LogP contribution in [0.3, 0.4) is 0 Å². The molecule has 1 aliphatic heterocycles. The largest absolute Gasteiger partial charge is 0.493 e. The monoisotopic (exact) mass is 506 g/mol. The molecule has 1 atom stereocenters. The third-order valence-electron chi connectivity index (χ3n) is 6.38. The van der Waals surface area contributed by atoms with Crippen LogP contribution in [0.5, 0.6) is 23.0 Å². The molecular weight excluding hydrogens is 472 g/mol. The molecule has 9 nitrogen and oxygen atoms in total. The smallest absolute Gasteiger partial charge is 0.263 e. The number of hydrogen-bond acceptors (Lipinski definition) is 8. The van der Waals surface area contributed by atoms with Crippen molar-refractivity contribution in [2.75, 3.05) is 52.4 Å². The second-order valence-electron chi connectivity index (χ2n) is 9.09. The highest BCUT2D eigenvalue weighted by Gasteiger charge is 2.27. The number of methoxy groups -OCH3 is 3. The normalized spacial score (nSPS) is 14.2. The van der Waals surface area contributed by atoms with Crippen molar-refractivity contribution in [3.8, 4) is 34.3 Å². The van der Waals surface area contributed by atoms with E-state index in [1.54, 1.807) is 28.3 Å². The van der Waals surface area contributed by atoms with Crippen molar-refractivity contribution >= 4 is 11.7 Å². The third-order valence-corrected chi connectivity index (χ3v) is 6.38. The first-order valence-corrected chi connectivity index (χ1v) is 12.3. The summed E-state index contributed by atoms with van der Waals surface area (Å²) in [6, 6.07) is 13.5. The van der Waals surface area contributed by atoms with Crippen LogP contribution >= 0.6 is 0 Å². The summed E-state index contributed by atoms with van der Waals surface area (Å²) in [5.74, 6) is 3.11. The van der Waals surface area contributed by atoms with Gasteiger partial charge in [-0.15, -0.1) is 10.2 Å². The number of aryl methyl sites for hydroxylation is 2. The molecule has 0 spiro atoms. The van der Waals surface area contributed by atoms with E-state index in [0.717, 1.165) is 28.3 Å². The lowest BCUT2D eigenvalue weighted by molar-refractivity contribution is -0.138. The molecule has 4 rings (SSSR count). The van der Waals surface area contributed by atoms with Crippen LogP contribution in [0.25, 0.3) is 11.3 Å². The number of aromatic nitrogens is 2. The van der Waals surface area contributed by atoms with Crippen LogP contribution in [0.15, 0.2) is 42.5 Å². The van der Waals surface area contributed by atoms with E-state index >= 15 is 0 Å². The molecule has 3 aromatic rings. The topological polar surface area (TPSA) is 86.3 Å².